The van der Waals surface area contributed by atoms with Gasteiger partial charge in [0, 0.05) is 35.6 Å². The molecule has 0 saturated heterocycles. The van der Waals surface area contributed by atoms with Crippen LogP contribution in [-0.4, -0.2) is 46.9 Å². The van der Waals surface area contributed by atoms with E-state index < -0.39 is 40.9 Å². The standard InChI is InChI=1S/C27H19F6N7O3/c28-26(29,30)22-19(11-34-36-23(22)41)40-12-16-4-1-2-7-18(16)20(40)14-43-17-6-3-5-15(10-17)24(42)38-8-9-39-21(13-38)35-37-25(39)27(31,32)33/h1-7,10-12H,8-9,13-14H2,(H,36,41). The lowest BCUT2D eigenvalue weighted by atomic mass is 10.1. The normalized spacial score (nSPS) is 13.8. The minimum Gasteiger partial charge on any atom is -0.487 e. The summed E-state index contributed by atoms with van der Waals surface area (Å²) >= 11 is 0. The van der Waals surface area contributed by atoms with Crippen molar-refractivity contribution in [3.63, 3.8) is 0 Å². The van der Waals surface area contributed by atoms with Crippen molar-refractivity contribution in [3.8, 4) is 11.4 Å². The highest BCUT2D eigenvalue weighted by molar-refractivity contribution is 5.94. The Morgan fingerprint density at radius 1 is 0.977 bits per heavy atom. The number of aromatic amines is 1. The maximum absolute atomic E-state index is 13.9. The molecule has 0 unspecified atom stereocenters. The average Bonchev–Trinajstić information content (AvgIpc) is 3.56. The SMILES string of the molecule is O=C(c1cccc(OCc2c3ccccc3cn2-c2cn[nH]c(=O)c2C(F)(F)F)c1)N1CCn2c(nnc2C(F)(F)F)C1. The lowest BCUT2D eigenvalue weighted by Crippen LogP contribution is -2.39. The number of carbonyl (C=O) groups excluding carboxylic acids is 1. The molecule has 4 heterocycles. The number of amides is 1. The smallest absolute Gasteiger partial charge is 0.451 e. The Hall–Kier alpha value is -5.15. The van der Waals surface area contributed by atoms with Crippen LogP contribution in [0.4, 0.5) is 26.3 Å². The number of carbonyl (C=O) groups is 1. The number of benzene rings is 2. The highest BCUT2D eigenvalue weighted by Crippen LogP contribution is 2.34. The molecule has 1 amide bonds. The Morgan fingerprint density at radius 2 is 1.77 bits per heavy atom. The maximum Gasteiger partial charge on any atom is 0.451 e. The first-order valence-electron chi connectivity index (χ1n) is 12.7. The molecule has 10 nitrogen and oxygen atoms in total. The molecule has 1 aliphatic rings. The van der Waals surface area contributed by atoms with Gasteiger partial charge in [-0.05, 0) is 18.2 Å². The number of nitrogens with zero attached hydrogens (tertiary/aromatic N) is 6. The third-order valence-corrected chi connectivity index (χ3v) is 6.96. The summed E-state index contributed by atoms with van der Waals surface area (Å²) in [7, 11) is 0. The number of H-pyrrole nitrogens is 1. The van der Waals surface area contributed by atoms with E-state index in [1.54, 1.807) is 30.3 Å². The zero-order valence-electron chi connectivity index (χ0n) is 21.8. The first-order valence-corrected chi connectivity index (χ1v) is 12.7. The number of rotatable bonds is 5. The fourth-order valence-corrected chi connectivity index (χ4v) is 5.02. The molecule has 0 radical (unpaired) electrons. The second kappa shape index (κ2) is 10.3. The van der Waals surface area contributed by atoms with Gasteiger partial charge in [-0.3, -0.25) is 9.59 Å². The molecule has 0 spiro atoms. The topological polar surface area (TPSA) is 111 Å². The van der Waals surface area contributed by atoms with Crippen molar-refractivity contribution in [2.45, 2.75) is 32.0 Å². The first-order chi connectivity index (χ1) is 20.4. The lowest BCUT2D eigenvalue weighted by Gasteiger charge is -2.28. The number of hydrogen-bond acceptors (Lipinski definition) is 6. The van der Waals surface area contributed by atoms with E-state index in [2.05, 4.69) is 15.3 Å². The Bertz CT molecular complexity index is 1910. The van der Waals surface area contributed by atoms with Gasteiger partial charge < -0.3 is 18.8 Å². The summed E-state index contributed by atoms with van der Waals surface area (Å²) in [6, 6.07) is 12.8. The summed E-state index contributed by atoms with van der Waals surface area (Å²) in [5.74, 6) is -1.39. The first kappa shape index (κ1) is 28.0. The van der Waals surface area contributed by atoms with Crippen LogP contribution < -0.4 is 10.3 Å². The van der Waals surface area contributed by atoms with Crippen molar-refractivity contribution in [2.75, 3.05) is 6.54 Å². The molecule has 5 aromatic rings. The molecule has 222 valence electrons. The van der Waals surface area contributed by atoms with Crippen molar-refractivity contribution in [2.24, 2.45) is 0 Å². The van der Waals surface area contributed by atoms with Gasteiger partial charge in [0.15, 0.2) is 5.82 Å². The van der Waals surface area contributed by atoms with E-state index in [0.29, 0.717) is 16.5 Å². The number of halogens is 6. The molecule has 0 aliphatic carbocycles. The Labute approximate surface area is 237 Å². The molecule has 6 rings (SSSR count). The van der Waals surface area contributed by atoms with Crippen molar-refractivity contribution in [1.29, 1.82) is 0 Å². The number of ether oxygens (including phenoxy) is 1. The molecular weight excluding hydrogens is 584 g/mol. The van der Waals surface area contributed by atoms with Gasteiger partial charge in [-0.2, -0.15) is 31.4 Å². The average molecular weight is 603 g/mol. The Morgan fingerprint density at radius 3 is 2.53 bits per heavy atom. The molecule has 0 saturated carbocycles. The number of hydrogen-bond donors (Lipinski definition) is 1. The van der Waals surface area contributed by atoms with Gasteiger partial charge in [-0.1, -0.05) is 30.3 Å². The second-order valence-electron chi connectivity index (χ2n) is 9.62. The quantitative estimate of drug-likeness (QED) is 0.295. The highest BCUT2D eigenvalue weighted by atomic mass is 19.4. The van der Waals surface area contributed by atoms with Gasteiger partial charge in [0.25, 0.3) is 11.5 Å². The van der Waals surface area contributed by atoms with Crippen molar-refractivity contribution in [3.05, 3.63) is 99.7 Å². The highest BCUT2D eigenvalue weighted by Gasteiger charge is 2.40. The molecule has 1 aliphatic heterocycles. The summed E-state index contributed by atoms with van der Waals surface area (Å²) in [5.41, 5.74) is -2.83. The molecule has 3 aromatic heterocycles. The van der Waals surface area contributed by atoms with Crippen LogP contribution >= 0.6 is 0 Å². The molecule has 16 heteroatoms. The maximum atomic E-state index is 13.9. The van der Waals surface area contributed by atoms with Gasteiger partial charge >= 0.3 is 12.4 Å². The fraction of sp³-hybridized carbons (Fsp3) is 0.222. The number of fused-ring (bicyclic) bond motifs is 2. The zero-order valence-corrected chi connectivity index (χ0v) is 21.8. The van der Waals surface area contributed by atoms with Crippen LogP contribution in [0.5, 0.6) is 5.75 Å². The van der Waals surface area contributed by atoms with Crippen LogP contribution in [0.15, 0.2) is 65.7 Å². The van der Waals surface area contributed by atoms with Gasteiger partial charge in [-0.15, -0.1) is 10.2 Å². The molecule has 2 aromatic carbocycles. The summed E-state index contributed by atoms with van der Waals surface area (Å²) in [6.07, 6.45) is -7.29. The van der Waals surface area contributed by atoms with E-state index >= 15 is 0 Å². The number of nitrogens with one attached hydrogen (secondary N) is 1. The van der Waals surface area contributed by atoms with E-state index in [1.807, 2.05) is 5.10 Å². The minimum atomic E-state index is -4.97. The number of aromatic nitrogens is 6. The van der Waals surface area contributed by atoms with Gasteiger partial charge in [-0.25, -0.2) is 5.10 Å². The Balaban J connectivity index is 1.27. The molecule has 1 N–H and O–H groups in total. The monoisotopic (exact) mass is 603 g/mol. The second-order valence-corrected chi connectivity index (χ2v) is 9.62. The van der Waals surface area contributed by atoms with E-state index in [4.69, 9.17) is 4.74 Å². The van der Waals surface area contributed by atoms with Crippen LogP contribution in [0.25, 0.3) is 16.5 Å². The van der Waals surface area contributed by atoms with E-state index in [0.717, 1.165) is 10.8 Å². The molecular formula is C27H19F6N7O3. The van der Waals surface area contributed by atoms with Crippen molar-refractivity contribution >= 4 is 16.7 Å². The third-order valence-electron chi connectivity index (χ3n) is 6.96. The van der Waals surface area contributed by atoms with Crippen molar-refractivity contribution < 1.29 is 35.9 Å². The lowest BCUT2D eigenvalue weighted by molar-refractivity contribution is -0.148. The number of alkyl halides is 6. The predicted molar refractivity (Wildman–Crippen MR) is 137 cm³/mol. The van der Waals surface area contributed by atoms with Crippen molar-refractivity contribution in [1.82, 2.24) is 34.4 Å². The summed E-state index contributed by atoms with van der Waals surface area (Å²) in [5, 5.41) is 13.3. The van der Waals surface area contributed by atoms with Crippen LogP contribution in [0.2, 0.25) is 0 Å². The predicted octanol–water partition coefficient (Wildman–Crippen LogP) is 4.58. The summed E-state index contributed by atoms with van der Waals surface area (Å²) in [6.45, 7) is -0.579. The summed E-state index contributed by atoms with van der Waals surface area (Å²) in [4.78, 5) is 26.7. The van der Waals surface area contributed by atoms with Crippen LogP contribution in [-0.2, 0) is 32.0 Å². The third kappa shape index (κ3) is 5.19. The van der Waals surface area contributed by atoms with E-state index in [-0.39, 0.29) is 43.4 Å². The van der Waals surface area contributed by atoms with Crippen LogP contribution in [0.3, 0.4) is 0 Å². The van der Waals surface area contributed by atoms with E-state index in [9.17, 15) is 35.9 Å². The summed E-state index contributed by atoms with van der Waals surface area (Å²) < 4.78 is 89.1. The minimum absolute atomic E-state index is 0.000524. The zero-order chi connectivity index (χ0) is 30.5. The Kier molecular flexibility index (Phi) is 6.70. The van der Waals surface area contributed by atoms with E-state index in [1.165, 1.54) is 33.9 Å². The van der Waals surface area contributed by atoms with Gasteiger partial charge in [0.2, 0.25) is 5.82 Å². The molecule has 0 fully saturated rings. The van der Waals surface area contributed by atoms with Gasteiger partial charge in [0.1, 0.15) is 17.9 Å². The molecule has 0 atom stereocenters. The fourth-order valence-electron chi connectivity index (χ4n) is 5.02. The largest absolute Gasteiger partial charge is 0.487 e. The van der Waals surface area contributed by atoms with Crippen LogP contribution in [0.1, 0.15) is 33.3 Å². The van der Waals surface area contributed by atoms with Crippen LogP contribution in [0, 0.1) is 0 Å². The molecule has 0 bridgehead atoms. The molecule has 43 heavy (non-hydrogen) atoms. The van der Waals surface area contributed by atoms with Gasteiger partial charge in [0.05, 0.1) is 24.1 Å².